The Morgan fingerprint density at radius 2 is 1.85 bits per heavy atom. The highest BCUT2D eigenvalue weighted by Gasteiger charge is 2.36. The molecule has 0 unspecified atom stereocenters. The Labute approximate surface area is 158 Å². The number of nitrogens with one attached hydrogen (secondary N) is 1. The molecule has 0 aromatic heterocycles. The molecule has 2 aliphatic heterocycles. The minimum atomic E-state index is -0.364. The minimum absolute atomic E-state index is 0.0563. The molecule has 6 heteroatoms. The number of benzene rings is 2. The molecule has 0 spiro atoms. The molecule has 0 aliphatic carbocycles. The molecule has 1 fully saturated rings. The Morgan fingerprint density at radius 1 is 1.11 bits per heavy atom. The predicted octanol–water partition coefficient (Wildman–Crippen LogP) is 2.69. The van der Waals surface area contributed by atoms with Crippen molar-refractivity contribution in [3.05, 3.63) is 54.1 Å². The maximum absolute atomic E-state index is 12.6. The first-order chi connectivity index (χ1) is 13.1. The molecule has 2 aliphatic rings. The van der Waals surface area contributed by atoms with E-state index < -0.39 is 0 Å². The molecule has 2 atom stereocenters. The van der Waals surface area contributed by atoms with Gasteiger partial charge in [0.15, 0.2) is 11.5 Å². The van der Waals surface area contributed by atoms with Crippen LogP contribution in [0.2, 0.25) is 0 Å². The van der Waals surface area contributed by atoms with E-state index in [2.05, 4.69) is 5.32 Å². The second-order valence-corrected chi connectivity index (χ2v) is 6.87. The number of carbonyl (C=O) groups excluding carboxylic acids is 2. The summed E-state index contributed by atoms with van der Waals surface area (Å²) >= 11 is 0. The molecule has 2 aromatic rings. The monoisotopic (exact) mass is 366 g/mol. The average Bonchev–Trinajstić information content (AvgIpc) is 3.10. The molecule has 140 valence electrons. The van der Waals surface area contributed by atoms with Crippen LogP contribution in [0.1, 0.15) is 24.9 Å². The van der Waals surface area contributed by atoms with Crippen molar-refractivity contribution < 1.29 is 19.1 Å². The molecule has 4 rings (SSSR count). The third-order valence-corrected chi connectivity index (χ3v) is 4.99. The standard InChI is InChI=1S/C21H22N2O4/c1-14(15-5-3-2-4-6-15)22-21(25)16-11-20(24)23(13-16)17-7-8-18-19(12-17)27-10-9-26-18/h2-8,12,14,16H,9-11,13H2,1H3,(H,22,25)/t14-,16-/m1/s1. The largest absolute Gasteiger partial charge is 0.486 e. The van der Waals surface area contributed by atoms with Crippen LogP contribution in [0.5, 0.6) is 11.5 Å². The van der Waals surface area contributed by atoms with Crippen LogP contribution in [0.15, 0.2) is 48.5 Å². The molecule has 0 radical (unpaired) electrons. The van der Waals surface area contributed by atoms with Gasteiger partial charge in [-0.05, 0) is 24.6 Å². The number of hydrogen-bond donors (Lipinski definition) is 1. The summed E-state index contributed by atoms with van der Waals surface area (Å²) in [7, 11) is 0. The molecule has 1 N–H and O–H groups in total. The van der Waals surface area contributed by atoms with Crippen molar-refractivity contribution in [2.24, 2.45) is 5.92 Å². The fourth-order valence-corrected chi connectivity index (χ4v) is 3.49. The van der Waals surface area contributed by atoms with Crippen LogP contribution in [-0.4, -0.2) is 31.6 Å². The first kappa shape index (κ1) is 17.4. The van der Waals surface area contributed by atoms with Gasteiger partial charge in [0.1, 0.15) is 13.2 Å². The number of nitrogens with zero attached hydrogens (tertiary/aromatic N) is 1. The lowest BCUT2D eigenvalue weighted by atomic mass is 10.1. The first-order valence-electron chi connectivity index (χ1n) is 9.17. The van der Waals surface area contributed by atoms with Crippen molar-refractivity contribution in [3.63, 3.8) is 0 Å². The number of anilines is 1. The third-order valence-electron chi connectivity index (χ3n) is 4.99. The van der Waals surface area contributed by atoms with Crippen molar-refractivity contribution in [2.75, 3.05) is 24.7 Å². The number of rotatable bonds is 4. The third kappa shape index (κ3) is 3.60. The Kier molecular flexibility index (Phi) is 4.71. The van der Waals surface area contributed by atoms with Crippen molar-refractivity contribution in [1.82, 2.24) is 5.32 Å². The van der Waals surface area contributed by atoms with E-state index in [1.54, 1.807) is 11.0 Å². The van der Waals surface area contributed by atoms with Gasteiger partial charge in [-0.3, -0.25) is 9.59 Å². The fourth-order valence-electron chi connectivity index (χ4n) is 3.49. The van der Waals surface area contributed by atoms with Gasteiger partial charge in [0.25, 0.3) is 0 Å². The molecular formula is C21H22N2O4. The molecule has 6 nitrogen and oxygen atoms in total. The van der Waals surface area contributed by atoms with Crippen LogP contribution in [-0.2, 0) is 9.59 Å². The zero-order valence-electron chi connectivity index (χ0n) is 15.2. The van der Waals surface area contributed by atoms with Crippen LogP contribution in [0.25, 0.3) is 0 Å². The van der Waals surface area contributed by atoms with Gasteiger partial charge in [-0.1, -0.05) is 30.3 Å². The highest BCUT2D eigenvalue weighted by molar-refractivity contribution is 6.00. The van der Waals surface area contributed by atoms with E-state index in [1.165, 1.54) is 0 Å². The Morgan fingerprint density at radius 3 is 2.63 bits per heavy atom. The Hall–Kier alpha value is -3.02. The summed E-state index contributed by atoms with van der Waals surface area (Å²) < 4.78 is 11.1. The van der Waals surface area contributed by atoms with Crippen LogP contribution < -0.4 is 19.7 Å². The molecule has 0 saturated carbocycles. The summed E-state index contributed by atoms with van der Waals surface area (Å²) in [6, 6.07) is 15.1. The van der Waals surface area contributed by atoms with Gasteiger partial charge in [-0.2, -0.15) is 0 Å². The van der Waals surface area contributed by atoms with E-state index in [0.717, 1.165) is 11.3 Å². The van der Waals surface area contributed by atoms with Gasteiger partial charge in [-0.15, -0.1) is 0 Å². The highest BCUT2D eigenvalue weighted by Crippen LogP contribution is 2.36. The van der Waals surface area contributed by atoms with Crippen molar-refractivity contribution >= 4 is 17.5 Å². The second kappa shape index (κ2) is 7.31. The summed E-state index contributed by atoms with van der Waals surface area (Å²) in [5, 5.41) is 3.02. The van der Waals surface area contributed by atoms with Gasteiger partial charge in [0, 0.05) is 24.7 Å². The average molecular weight is 366 g/mol. The number of amides is 2. The topological polar surface area (TPSA) is 67.9 Å². The van der Waals surface area contributed by atoms with E-state index in [4.69, 9.17) is 9.47 Å². The SMILES string of the molecule is C[C@@H](NC(=O)[C@@H]1CC(=O)N(c2ccc3c(c2)OCCO3)C1)c1ccccc1. The Balaban J connectivity index is 1.43. The summed E-state index contributed by atoms with van der Waals surface area (Å²) in [6.07, 6.45) is 0.210. The first-order valence-corrected chi connectivity index (χ1v) is 9.17. The quantitative estimate of drug-likeness (QED) is 0.903. The van der Waals surface area contributed by atoms with Crippen molar-refractivity contribution in [3.8, 4) is 11.5 Å². The number of carbonyl (C=O) groups is 2. The summed E-state index contributed by atoms with van der Waals surface area (Å²) in [5.74, 6) is 0.801. The van der Waals surface area contributed by atoms with E-state index >= 15 is 0 Å². The van der Waals surface area contributed by atoms with E-state index in [-0.39, 0.29) is 30.2 Å². The number of ether oxygens (including phenoxy) is 2. The van der Waals surface area contributed by atoms with Crippen molar-refractivity contribution in [1.29, 1.82) is 0 Å². The van der Waals surface area contributed by atoms with Gasteiger partial charge >= 0.3 is 0 Å². The van der Waals surface area contributed by atoms with E-state index in [1.807, 2.05) is 49.4 Å². The van der Waals surface area contributed by atoms with Crippen LogP contribution >= 0.6 is 0 Å². The van der Waals surface area contributed by atoms with Gasteiger partial charge in [-0.25, -0.2) is 0 Å². The molecule has 1 saturated heterocycles. The lowest BCUT2D eigenvalue weighted by molar-refractivity contribution is -0.126. The van der Waals surface area contributed by atoms with Gasteiger partial charge in [0.05, 0.1) is 12.0 Å². The zero-order chi connectivity index (χ0) is 18.8. The number of hydrogen-bond acceptors (Lipinski definition) is 4. The lowest BCUT2D eigenvalue weighted by Gasteiger charge is -2.22. The minimum Gasteiger partial charge on any atom is -0.486 e. The normalized spacial score (nSPS) is 19.7. The number of fused-ring (bicyclic) bond motifs is 1. The maximum atomic E-state index is 12.6. The Bertz CT molecular complexity index is 853. The smallest absolute Gasteiger partial charge is 0.227 e. The van der Waals surface area contributed by atoms with Crippen LogP contribution in [0.3, 0.4) is 0 Å². The summed E-state index contributed by atoms with van der Waals surface area (Å²) in [4.78, 5) is 26.8. The molecule has 2 aromatic carbocycles. The van der Waals surface area contributed by atoms with Crippen LogP contribution in [0, 0.1) is 5.92 Å². The molecule has 2 heterocycles. The lowest BCUT2D eigenvalue weighted by Crippen LogP contribution is -2.34. The predicted molar refractivity (Wildman–Crippen MR) is 101 cm³/mol. The maximum Gasteiger partial charge on any atom is 0.227 e. The fraction of sp³-hybridized carbons (Fsp3) is 0.333. The van der Waals surface area contributed by atoms with E-state index in [9.17, 15) is 9.59 Å². The second-order valence-electron chi connectivity index (χ2n) is 6.87. The molecule has 0 bridgehead atoms. The van der Waals surface area contributed by atoms with Crippen molar-refractivity contribution in [2.45, 2.75) is 19.4 Å². The van der Waals surface area contributed by atoms with Gasteiger partial charge in [0.2, 0.25) is 11.8 Å². The zero-order valence-corrected chi connectivity index (χ0v) is 15.2. The molecule has 27 heavy (non-hydrogen) atoms. The molecule has 2 amide bonds. The van der Waals surface area contributed by atoms with E-state index in [0.29, 0.717) is 31.3 Å². The summed E-state index contributed by atoms with van der Waals surface area (Å²) in [6.45, 7) is 3.33. The highest BCUT2D eigenvalue weighted by atomic mass is 16.6. The molecular weight excluding hydrogens is 344 g/mol. The summed E-state index contributed by atoms with van der Waals surface area (Å²) in [5.41, 5.74) is 1.77. The van der Waals surface area contributed by atoms with Crippen LogP contribution in [0.4, 0.5) is 5.69 Å². The van der Waals surface area contributed by atoms with Gasteiger partial charge < -0.3 is 19.7 Å².